The summed E-state index contributed by atoms with van der Waals surface area (Å²) in [6.07, 6.45) is 0. The molecule has 2 aliphatic rings. The minimum absolute atomic E-state index is 0. The number of alkyl halides is 2. The van der Waals surface area contributed by atoms with Crippen molar-refractivity contribution in [3.05, 3.63) is 81.9 Å². The number of allylic oxidation sites excluding steroid dienone is 4. The fourth-order valence-electron chi connectivity index (χ4n) is 5.80. The Balaban J connectivity index is 0.00000324. The second-order valence-corrected chi connectivity index (χ2v) is 14.2. The zero-order valence-electron chi connectivity index (χ0n) is 21.7. The largest absolute Gasteiger partial charge is 0.118 e. The third kappa shape index (κ3) is 4.23. The molecular formula is C30H36Cl2SiZr. The molecule has 0 spiro atoms. The summed E-state index contributed by atoms with van der Waals surface area (Å²) >= 11 is 15.8. The van der Waals surface area contributed by atoms with Gasteiger partial charge in [0.1, 0.15) is 9.52 Å². The number of rotatable bonds is 6. The van der Waals surface area contributed by atoms with Crippen LogP contribution in [-0.4, -0.2) is 9.52 Å². The zero-order valence-corrected chi connectivity index (χ0v) is 26.7. The molecule has 0 heterocycles. The Morgan fingerprint density at radius 2 is 0.941 bits per heavy atom. The van der Waals surface area contributed by atoms with E-state index >= 15 is 0 Å². The number of fused-ring (bicyclic) bond motifs is 2. The van der Waals surface area contributed by atoms with Gasteiger partial charge < -0.3 is 0 Å². The van der Waals surface area contributed by atoms with Crippen LogP contribution in [0.2, 0.25) is 0 Å². The molecule has 0 amide bonds. The number of benzene rings is 2. The van der Waals surface area contributed by atoms with Crippen LogP contribution < -0.4 is 0 Å². The molecule has 2 aromatic carbocycles. The van der Waals surface area contributed by atoms with E-state index in [9.17, 15) is 0 Å². The number of halogens is 2. The van der Waals surface area contributed by atoms with Crippen LogP contribution in [0.25, 0.3) is 11.1 Å². The van der Waals surface area contributed by atoms with E-state index in [0.29, 0.717) is 33.2 Å². The molecule has 0 fully saturated rings. The summed E-state index contributed by atoms with van der Waals surface area (Å²) in [5.74, 6) is 1.74. The quantitative estimate of drug-likeness (QED) is 0.234. The molecule has 0 saturated heterocycles. The maximum absolute atomic E-state index is 7.88. The molecule has 178 valence electrons. The summed E-state index contributed by atoms with van der Waals surface area (Å²) in [6.45, 7) is 18.4. The van der Waals surface area contributed by atoms with E-state index < -0.39 is 8.99 Å². The monoisotopic (exact) mass is 584 g/mol. The van der Waals surface area contributed by atoms with Gasteiger partial charge in [-0.15, -0.1) is 23.2 Å². The Morgan fingerprint density at radius 3 is 1.26 bits per heavy atom. The van der Waals surface area contributed by atoms with Gasteiger partial charge in [0.05, 0.1) is 8.99 Å². The molecule has 4 atom stereocenters. The average Bonchev–Trinajstić information content (AvgIpc) is 3.12. The normalized spacial score (nSPS) is 25.5. The van der Waals surface area contributed by atoms with Gasteiger partial charge in [0.15, 0.2) is 0 Å². The Hall–Kier alpha value is -0.400. The first-order chi connectivity index (χ1) is 15.4. The third-order valence-corrected chi connectivity index (χ3v) is 11.4. The van der Waals surface area contributed by atoms with Crippen LogP contribution in [0.4, 0.5) is 0 Å². The third-order valence-electron chi connectivity index (χ3n) is 8.21. The molecule has 4 heteroatoms. The van der Waals surface area contributed by atoms with E-state index in [0.717, 1.165) is 0 Å². The summed E-state index contributed by atoms with van der Waals surface area (Å²) in [5.41, 5.74) is 10.4. The van der Waals surface area contributed by atoms with Crippen LogP contribution in [-0.2, 0) is 35.2 Å². The van der Waals surface area contributed by atoms with Crippen molar-refractivity contribution in [2.45, 2.75) is 64.4 Å². The van der Waals surface area contributed by atoms with Gasteiger partial charge in [-0.25, -0.2) is 0 Å². The molecule has 0 bridgehead atoms. The van der Waals surface area contributed by atoms with Crippen molar-refractivity contribution in [3.8, 4) is 0 Å². The van der Waals surface area contributed by atoms with Crippen LogP contribution in [0.3, 0.4) is 0 Å². The van der Waals surface area contributed by atoms with Gasteiger partial charge >= 0.3 is 0 Å². The topological polar surface area (TPSA) is 0 Å². The fourth-order valence-corrected chi connectivity index (χ4v) is 10.0. The van der Waals surface area contributed by atoms with Crippen LogP contribution in [0.15, 0.2) is 59.7 Å². The van der Waals surface area contributed by atoms with Crippen LogP contribution >= 0.6 is 23.2 Å². The molecule has 0 nitrogen and oxygen atoms in total. The molecule has 0 aromatic heterocycles. The maximum Gasteiger partial charge on any atom is 0.118 e. The minimum Gasteiger partial charge on any atom is -0.114 e. The van der Waals surface area contributed by atoms with Crippen molar-refractivity contribution in [2.24, 2.45) is 23.7 Å². The van der Waals surface area contributed by atoms with Crippen molar-refractivity contribution in [1.29, 1.82) is 0 Å². The molecule has 0 saturated carbocycles. The van der Waals surface area contributed by atoms with E-state index in [4.69, 9.17) is 23.2 Å². The number of hydrogen-bond acceptors (Lipinski definition) is 0. The van der Waals surface area contributed by atoms with Crippen molar-refractivity contribution in [2.75, 3.05) is 0 Å². The molecule has 34 heavy (non-hydrogen) atoms. The van der Waals surface area contributed by atoms with Gasteiger partial charge in [0, 0.05) is 26.2 Å². The van der Waals surface area contributed by atoms with Gasteiger partial charge in [0.2, 0.25) is 0 Å². The molecule has 4 rings (SSSR count). The Kier molecular flexibility index (Phi) is 8.42. The summed E-state index contributed by atoms with van der Waals surface area (Å²) < 4.78 is -1.21. The van der Waals surface area contributed by atoms with Crippen molar-refractivity contribution >= 4 is 43.9 Å². The van der Waals surface area contributed by atoms with Crippen LogP contribution in [0.5, 0.6) is 0 Å². The molecule has 0 aliphatic heterocycles. The van der Waals surface area contributed by atoms with Gasteiger partial charge in [-0.2, -0.15) is 0 Å². The van der Waals surface area contributed by atoms with Crippen molar-refractivity contribution in [3.63, 3.8) is 0 Å². The average molecular weight is 587 g/mol. The number of hydrogen-bond donors (Lipinski definition) is 0. The summed E-state index contributed by atoms with van der Waals surface area (Å²) in [6, 6.07) is 17.4. The molecule has 2 aromatic rings. The Labute approximate surface area is 238 Å². The van der Waals surface area contributed by atoms with E-state index in [1.807, 2.05) is 0 Å². The standard InChI is InChI=1S/C30H36Cl2Si.Zr/c1-17(2)19(5)27-21(7)23-13-9-11-15-25(23)29(27,31)33-30(32)26-16-12-10-14-24(26)22(8)28(30)20(6)18(3)4;/h9-20H,1-8H3;/t19-,20-,29?,30?;/m0./s1. The van der Waals surface area contributed by atoms with E-state index in [-0.39, 0.29) is 26.2 Å². The zero-order chi connectivity index (χ0) is 24.3. The second kappa shape index (κ2) is 10.2. The molecule has 2 aliphatic carbocycles. The first-order valence-corrected chi connectivity index (χ1v) is 14.0. The first kappa shape index (κ1) is 28.2. The molecule has 2 unspecified atom stereocenters. The predicted octanol–water partition coefficient (Wildman–Crippen LogP) is 9.03. The summed E-state index contributed by atoms with van der Waals surface area (Å²) in [4.78, 5) is 0. The van der Waals surface area contributed by atoms with Gasteiger partial charge in [-0.05, 0) is 82.1 Å². The maximum atomic E-state index is 7.88. The van der Waals surface area contributed by atoms with E-state index in [2.05, 4.69) is 104 Å². The fraction of sp³-hybridized carbons (Fsp3) is 0.467. The summed E-state index contributed by atoms with van der Waals surface area (Å²) in [5, 5.41) is 0. The van der Waals surface area contributed by atoms with Crippen LogP contribution in [0.1, 0.15) is 77.6 Å². The first-order valence-electron chi connectivity index (χ1n) is 12.2. The molecule has 0 N–H and O–H groups in total. The SMILES string of the molecule is CC1=C([C@@H](C)C(C)C)C(Cl)([Si]C2(Cl)C([C@@H](C)C(C)C)=C(C)c3ccccc32)c2ccccc21.[Zr]. The minimum atomic E-state index is -0.605. The Morgan fingerprint density at radius 1 is 0.618 bits per heavy atom. The van der Waals surface area contributed by atoms with Gasteiger partial charge in [0.25, 0.3) is 0 Å². The van der Waals surface area contributed by atoms with E-state index in [1.54, 1.807) is 0 Å². The Bertz CT molecular complexity index is 1060. The molecule has 2 radical (unpaired) electrons. The smallest absolute Gasteiger partial charge is 0.114 e. The summed E-state index contributed by atoms with van der Waals surface area (Å²) in [7, 11) is 0.298. The van der Waals surface area contributed by atoms with Gasteiger partial charge in [-0.3, -0.25) is 0 Å². The van der Waals surface area contributed by atoms with Crippen LogP contribution in [0, 0.1) is 23.7 Å². The molecular weight excluding hydrogens is 551 g/mol. The second-order valence-electron chi connectivity index (χ2n) is 10.7. The van der Waals surface area contributed by atoms with Crippen molar-refractivity contribution < 1.29 is 26.2 Å². The predicted molar refractivity (Wildman–Crippen MR) is 147 cm³/mol. The van der Waals surface area contributed by atoms with E-state index in [1.165, 1.54) is 44.5 Å². The van der Waals surface area contributed by atoms with Crippen molar-refractivity contribution in [1.82, 2.24) is 0 Å². The van der Waals surface area contributed by atoms with Gasteiger partial charge in [-0.1, -0.05) is 90.1 Å².